The van der Waals surface area contributed by atoms with Gasteiger partial charge in [0.05, 0.1) is 0 Å². The molecule has 0 bridgehead atoms. The first-order valence-corrected chi connectivity index (χ1v) is 8.87. The van der Waals surface area contributed by atoms with Gasteiger partial charge in [0.15, 0.2) is 0 Å². The van der Waals surface area contributed by atoms with Crippen LogP contribution in [0.15, 0.2) is 18.2 Å². The fourth-order valence-electron chi connectivity index (χ4n) is 3.69. The van der Waals surface area contributed by atoms with Crippen LogP contribution in [0, 0.1) is 24.7 Å². The Kier molecular flexibility index (Phi) is 6.13. The molecule has 1 fully saturated rings. The van der Waals surface area contributed by atoms with Crippen LogP contribution in [0.5, 0.6) is 0 Å². The van der Waals surface area contributed by atoms with Crippen molar-refractivity contribution >= 4 is 11.6 Å². The molecule has 1 N–H and O–H groups in total. The van der Waals surface area contributed by atoms with Gasteiger partial charge in [-0.2, -0.15) is 0 Å². The highest BCUT2D eigenvalue weighted by atomic mass is 35.5. The van der Waals surface area contributed by atoms with Gasteiger partial charge in [0.25, 0.3) is 0 Å². The molecule has 21 heavy (non-hydrogen) atoms. The number of halogens is 1. The van der Waals surface area contributed by atoms with E-state index in [-0.39, 0.29) is 0 Å². The third-order valence-electron chi connectivity index (χ3n) is 5.26. The normalized spacial score (nSPS) is 26.3. The van der Waals surface area contributed by atoms with Crippen LogP contribution in [0.3, 0.4) is 0 Å². The standard InChI is InChI=1S/C19H30ClN/c1-5-21-12-17-9-8-15(13(2)3)10-18(17)16-7-6-14(4)19(20)11-16/h6-7,11,13,15,17-18,21H,5,8-10,12H2,1-4H3. The zero-order valence-corrected chi connectivity index (χ0v) is 14.7. The van der Waals surface area contributed by atoms with Gasteiger partial charge in [-0.05, 0) is 80.1 Å². The summed E-state index contributed by atoms with van der Waals surface area (Å²) in [5.74, 6) is 3.04. The van der Waals surface area contributed by atoms with Crippen molar-refractivity contribution in [3.8, 4) is 0 Å². The summed E-state index contributed by atoms with van der Waals surface area (Å²) in [5, 5.41) is 4.47. The smallest absolute Gasteiger partial charge is 0.0438 e. The highest BCUT2D eigenvalue weighted by molar-refractivity contribution is 6.31. The molecule has 0 radical (unpaired) electrons. The Morgan fingerprint density at radius 2 is 2.05 bits per heavy atom. The maximum Gasteiger partial charge on any atom is 0.0438 e. The van der Waals surface area contributed by atoms with Crippen LogP contribution in [0.4, 0.5) is 0 Å². The van der Waals surface area contributed by atoms with E-state index in [2.05, 4.69) is 51.2 Å². The predicted molar refractivity (Wildman–Crippen MR) is 93.1 cm³/mol. The maximum atomic E-state index is 6.37. The number of nitrogens with one attached hydrogen (secondary N) is 1. The molecule has 1 aliphatic rings. The highest BCUT2D eigenvalue weighted by Crippen LogP contribution is 2.43. The molecule has 1 nitrogen and oxygen atoms in total. The van der Waals surface area contributed by atoms with Crippen molar-refractivity contribution in [1.29, 1.82) is 0 Å². The van der Waals surface area contributed by atoms with Crippen LogP contribution in [-0.2, 0) is 0 Å². The van der Waals surface area contributed by atoms with E-state index in [1.807, 2.05) is 0 Å². The van der Waals surface area contributed by atoms with E-state index in [0.29, 0.717) is 5.92 Å². The second-order valence-electron chi connectivity index (χ2n) is 7.00. The number of hydrogen-bond donors (Lipinski definition) is 1. The molecule has 118 valence electrons. The second-order valence-corrected chi connectivity index (χ2v) is 7.41. The van der Waals surface area contributed by atoms with Crippen LogP contribution in [-0.4, -0.2) is 13.1 Å². The Labute approximate surface area is 135 Å². The number of rotatable bonds is 5. The average molecular weight is 308 g/mol. The van der Waals surface area contributed by atoms with Crippen molar-refractivity contribution in [1.82, 2.24) is 5.32 Å². The van der Waals surface area contributed by atoms with Gasteiger partial charge >= 0.3 is 0 Å². The monoisotopic (exact) mass is 307 g/mol. The molecule has 1 aliphatic carbocycles. The Hall–Kier alpha value is -0.530. The van der Waals surface area contributed by atoms with Crippen LogP contribution in [0.25, 0.3) is 0 Å². The number of aryl methyl sites for hydroxylation is 1. The molecule has 0 heterocycles. The molecule has 0 aromatic heterocycles. The second kappa shape index (κ2) is 7.65. The zero-order chi connectivity index (χ0) is 15.4. The largest absolute Gasteiger partial charge is 0.317 e. The van der Waals surface area contributed by atoms with Gasteiger partial charge in [-0.1, -0.05) is 44.5 Å². The molecule has 2 heteroatoms. The molecule has 0 amide bonds. The first-order chi connectivity index (χ1) is 10.0. The van der Waals surface area contributed by atoms with Crippen molar-refractivity contribution in [3.05, 3.63) is 34.3 Å². The highest BCUT2D eigenvalue weighted by Gasteiger charge is 2.32. The summed E-state index contributed by atoms with van der Waals surface area (Å²) in [6.45, 7) is 11.2. The summed E-state index contributed by atoms with van der Waals surface area (Å²) in [4.78, 5) is 0. The molecule has 3 atom stereocenters. The molecule has 1 aromatic carbocycles. The Bertz CT molecular complexity index is 455. The van der Waals surface area contributed by atoms with E-state index in [1.165, 1.54) is 30.4 Å². The van der Waals surface area contributed by atoms with Crippen molar-refractivity contribution in [3.63, 3.8) is 0 Å². The summed E-state index contributed by atoms with van der Waals surface area (Å²) < 4.78 is 0. The van der Waals surface area contributed by atoms with Crippen molar-refractivity contribution < 1.29 is 0 Å². The third kappa shape index (κ3) is 4.23. The fourth-order valence-corrected chi connectivity index (χ4v) is 3.88. The summed E-state index contributed by atoms with van der Waals surface area (Å²) >= 11 is 6.37. The van der Waals surface area contributed by atoms with Crippen molar-refractivity contribution in [2.24, 2.45) is 17.8 Å². The van der Waals surface area contributed by atoms with Crippen LogP contribution in [0.2, 0.25) is 5.02 Å². The predicted octanol–water partition coefficient (Wildman–Crippen LogP) is 5.41. The van der Waals surface area contributed by atoms with Crippen LogP contribution < -0.4 is 5.32 Å². The topological polar surface area (TPSA) is 12.0 Å². The van der Waals surface area contributed by atoms with E-state index in [0.717, 1.165) is 35.9 Å². The average Bonchev–Trinajstić information content (AvgIpc) is 2.47. The molecule has 1 saturated carbocycles. The van der Waals surface area contributed by atoms with E-state index >= 15 is 0 Å². The van der Waals surface area contributed by atoms with Gasteiger partial charge in [-0.15, -0.1) is 0 Å². The van der Waals surface area contributed by atoms with E-state index in [1.54, 1.807) is 0 Å². The molecule has 0 saturated heterocycles. The van der Waals surface area contributed by atoms with E-state index < -0.39 is 0 Å². The summed E-state index contributed by atoms with van der Waals surface area (Å²) in [6, 6.07) is 6.69. The lowest BCUT2D eigenvalue weighted by atomic mass is 9.68. The van der Waals surface area contributed by atoms with Crippen molar-refractivity contribution in [2.45, 2.75) is 52.9 Å². The van der Waals surface area contributed by atoms with Gasteiger partial charge in [-0.3, -0.25) is 0 Å². The SMILES string of the molecule is CCNCC1CCC(C(C)C)CC1c1ccc(C)c(Cl)c1. The first kappa shape index (κ1) is 16.8. The van der Waals surface area contributed by atoms with E-state index in [9.17, 15) is 0 Å². The van der Waals surface area contributed by atoms with E-state index in [4.69, 9.17) is 11.6 Å². The summed E-state index contributed by atoms with van der Waals surface area (Å²) in [7, 11) is 0. The third-order valence-corrected chi connectivity index (χ3v) is 5.66. The summed E-state index contributed by atoms with van der Waals surface area (Å²) in [6.07, 6.45) is 4.03. The van der Waals surface area contributed by atoms with Gasteiger partial charge in [0.2, 0.25) is 0 Å². The molecular weight excluding hydrogens is 278 g/mol. The quantitative estimate of drug-likeness (QED) is 0.766. The zero-order valence-electron chi connectivity index (χ0n) is 14.0. The molecule has 3 unspecified atom stereocenters. The number of hydrogen-bond acceptors (Lipinski definition) is 1. The van der Waals surface area contributed by atoms with Gasteiger partial charge < -0.3 is 5.32 Å². The van der Waals surface area contributed by atoms with Gasteiger partial charge in [-0.25, -0.2) is 0 Å². The Morgan fingerprint density at radius 3 is 2.67 bits per heavy atom. The lowest BCUT2D eigenvalue weighted by molar-refractivity contribution is 0.191. The Morgan fingerprint density at radius 1 is 1.29 bits per heavy atom. The first-order valence-electron chi connectivity index (χ1n) is 8.49. The Balaban J connectivity index is 2.20. The van der Waals surface area contributed by atoms with Crippen molar-refractivity contribution in [2.75, 3.05) is 13.1 Å². The molecular formula is C19H30ClN. The fraction of sp³-hybridized carbons (Fsp3) is 0.684. The van der Waals surface area contributed by atoms with Crippen LogP contribution in [0.1, 0.15) is 57.1 Å². The van der Waals surface area contributed by atoms with Gasteiger partial charge in [0, 0.05) is 5.02 Å². The molecule has 0 aliphatic heterocycles. The lowest BCUT2D eigenvalue weighted by Crippen LogP contribution is -2.33. The minimum Gasteiger partial charge on any atom is -0.317 e. The maximum absolute atomic E-state index is 6.37. The molecule has 1 aromatic rings. The summed E-state index contributed by atoms with van der Waals surface area (Å²) in [5.41, 5.74) is 2.62. The van der Waals surface area contributed by atoms with Crippen LogP contribution >= 0.6 is 11.6 Å². The molecule has 2 rings (SSSR count). The minimum absolute atomic E-state index is 0.656. The lowest BCUT2D eigenvalue weighted by Gasteiger charge is -2.38. The molecule has 0 spiro atoms. The minimum atomic E-state index is 0.656. The number of benzene rings is 1. The van der Waals surface area contributed by atoms with Gasteiger partial charge in [0.1, 0.15) is 0 Å².